The predicted molar refractivity (Wildman–Crippen MR) is 73.0 cm³/mol. The summed E-state index contributed by atoms with van der Waals surface area (Å²) in [6.45, 7) is 0. The zero-order chi connectivity index (χ0) is 14.3. The van der Waals surface area contributed by atoms with E-state index >= 15 is 0 Å². The summed E-state index contributed by atoms with van der Waals surface area (Å²) in [5.41, 5.74) is 1.18. The second-order valence-electron chi connectivity index (χ2n) is 4.19. The van der Waals surface area contributed by atoms with Crippen molar-refractivity contribution in [3.63, 3.8) is 0 Å². The van der Waals surface area contributed by atoms with Crippen molar-refractivity contribution in [3.8, 4) is 5.69 Å². The van der Waals surface area contributed by atoms with Crippen LogP contribution in [0.5, 0.6) is 0 Å². The molecule has 0 fully saturated rings. The normalized spacial score (nSPS) is 10.9. The maximum Gasteiger partial charge on any atom is 0.337 e. The Hall–Kier alpha value is -2.40. The smallest absolute Gasteiger partial charge is 0.337 e. The summed E-state index contributed by atoms with van der Waals surface area (Å²) in [5, 5.41) is 9.41. The molecule has 0 atom stereocenters. The van der Waals surface area contributed by atoms with Gasteiger partial charge in [0.1, 0.15) is 17.7 Å². The van der Waals surface area contributed by atoms with Crippen LogP contribution >= 0.6 is 11.6 Å². The van der Waals surface area contributed by atoms with Crippen molar-refractivity contribution in [2.45, 2.75) is 0 Å². The SMILES string of the molecule is O=C(O)c1cccc2c1ncn2-c1ccc(Cl)cc1F. The van der Waals surface area contributed by atoms with E-state index in [1.807, 2.05) is 0 Å². The summed E-state index contributed by atoms with van der Waals surface area (Å²) in [6.07, 6.45) is 1.39. The number of carbonyl (C=O) groups is 1. The Bertz CT molecular complexity index is 829. The van der Waals surface area contributed by atoms with E-state index in [0.717, 1.165) is 0 Å². The zero-order valence-electron chi connectivity index (χ0n) is 10.0. The van der Waals surface area contributed by atoms with Gasteiger partial charge in [-0.2, -0.15) is 0 Å². The van der Waals surface area contributed by atoms with Crippen molar-refractivity contribution in [1.82, 2.24) is 9.55 Å². The average molecular weight is 291 g/mol. The monoisotopic (exact) mass is 290 g/mol. The van der Waals surface area contributed by atoms with Gasteiger partial charge in [-0.05, 0) is 30.3 Å². The molecule has 1 N–H and O–H groups in total. The largest absolute Gasteiger partial charge is 0.478 e. The third-order valence-corrected chi connectivity index (χ3v) is 3.21. The lowest BCUT2D eigenvalue weighted by Gasteiger charge is -2.06. The van der Waals surface area contributed by atoms with Crippen molar-refractivity contribution in [2.24, 2.45) is 0 Å². The van der Waals surface area contributed by atoms with Gasteiger partial charge in [0.15, 0.2) is 0 Å². The molecule has 20 heavy (non-hydrogen) atoms. The summed E-state index contributed by atoms with van der Waals surface area (Å²) >= 11 is 5.72. The van der Waals surface area contributed by atoms with E-state index in [0.29, 0.717) is 16.1 Å². The van der Waals surface area contributed by atoms with Gasteiger partial charge in [0, 0.05) is 5.02 Å². The molecule has 0 unspecified atom stereocenters. The molecule has 100 valence electrons. The second kappa shape index (κ2) is 4.61. The number of fused-ring (bicyclic) bond motifs is 1. The minimum Gasteiger partial charge on any atom is -0.478 e. The summed E-state index contributed by atoms with van der Waals surface area (Å²) in [6, 6.07) is 9.02. The van der Waals surface area contributed by atoms with Crippen LogP contribution in [0.1, 0.15) is 10.4 Å². The number of carboxylic acid groups (broad SMARTS) is 1. The Morgan fingerprint density at radius 2 is 2.10 bits per heavy atom. The molecule has 6 heteroatoms. The number of halogens is 2. The molecule has 1 aromatic heterocycles. The molecular weight excluding hydrogens is 283 g/mol. The predicted octanol–water partition coefficient (Wildman–Crippen LogP) is 3.52. The molecule has 0 aliphatic rings. The molecule has 0 aliphatic carbocycles. The third-order valence-electron chi connectivity index (χ3n) is 2.98. The molecule has 3 rings (SSSR count). The van der Waals surface area contributed by atoms with Gasteiger partial charge in [0.2, 0.25) is 0 Å². The number of hydrogen-bond donors (Lipinski definition) is 1. The number of nitrogens with zero attached hydrogens (tertiary/aromatic N) is 2. The summed E-state index contributed by atoms with van der Waals surface area (Å²) in [4.78, 5) is 15.2. The van der Waals surface area contributed by atoms with E-state index in [-0.39, 0.29) is 11.3 Å². The Morgan fingerprint density at radius 1 is 1.30 bits per heavy atom. The molecule has 0 aliphatic heterocycles. The van der Waals surface area contributed by atoms with Crippen LogP contribution in [0.3, 0.4) is 0 Å². The Balaban J connectivity index is 2.28. The molecule has 0 amide bonds. The number of para-hydroxylation sites is 1. The fourth-order valence-electron chi connectivity index (χ4n) is 2.08. The molecule has 3 aromatic rings. The van der Waals surface area contributed by atoms with Gasteiger partial charge in [-0.15, -0.1) is 0 Å². The topological polar surface area (TPSA) is 55.1 Å². The number of carboxylic acids is 1. The minimum absolute atomic E-state index is 0.0793. The lowest BCUT2D eigenvalue weighted by molar-refractivity contribution is 0.0699. The van der Waals surface area contributed by atoms with Gasteiger partial charge in [0.25, 0.3) is 0 Å². The van der Waals surface area contributed by atoms with Gasteiger partial charge in [-0.25, -0.2) is 14.2 Å². The first-order valence-corrected chi connectivity index (χ1v) is 6.10. The highest BCUT2D eigenvalue weighted by molar-refractivity contribution is 6.30. The molecule has 0 spiro atoms. The third kappa shape index (κ3) is 1.92. The van der Waals surface area contributed by atoms with Crippen molar-refractivity contribution >= 4 is 28.6 Å². The quantitative estimate of drug-likeness (QED) is 0.785. The first kappa shape index (κ1) is 12.6. The molecule has 0 saturated heterocycles. The van der Waals surface area contributed by atoms with E-state index in [4.69, 9.17) is 16.7 Å². The van der Waals surface area contributed by atoms with Gasteiger partial charge in [-0.1, -0.05) is 17.7 Å². The fourth-order valence-corrected chi connectivity index (χ4v) is 2.24. The highest BCUT2D eigenvalue weighted by Gasteiger charge is 2.14. The van der Waals surface area contributed by atoms with Gasteiger partial charge < -0.3 is 5.11 Å². The van der Waals surface area contributed by atoms with Crippen LogP contribution in [0.2, 0.25) is 5.02 Å². The van der Waals surface area contributed by atoms with Crippen molar-refractivity contribution in [3.05, 3.63) is 59.1 Å². The number of hydrogen-bond acceptors (Lipinski definition) is 2. The van der Waals surface area contributed by atoms with E-state index in [1.54, 1.807) is 18.2 Å². The molecule has 0 bridgehead atoms. The van der Waals surface area contributed by atoms with E-state index < -0.39 is 11.8 Å². The number of imidazole rings is 1. The van der Waals surface area contributed by atoms with Crippen molar-refractivity contribution in [1.29, 1.82) is 0 Å². The Labute approximate surface area is 118 Å². The Kier molecular flexibility index (Phi) is 2.91. The Morgan fingerprint density at radius 3 is 2.80 bits per heavy atom. The van der Waals surface area contributed by atoms with Gasteiger partial charge in [-0.3, -0.25) is 4.57 Å². The summed E-state index contributed by atoms with van der Waals surface area (Å²) < 4.78 is 15.4. The standard InChI is InChI=1S/C14H8ClFN2O2/c15-8-4-5-11(10(16)6-8)18-7-17-13-9(14(19)20)2-1-3-12(13)18/h1-7H,(H,19,20). The highest BCUT2D eigenvalue weighted by Crippen LogP contribution is 2.24. The molecule has 2 aromatic carbocycles. The second-order valence-corrected chi connectivity index (χ2v) is 4.63. The molecule has 0 saturated carbocycles. The highest BCUT2D eigenvalue weighted by atomic mass is 35.5. The fraction of sp³-hybridized carbons (Fsp3) is 0. The number of benzene rings is 2. The average Bonchev–Trinajstić information content (AvgIpc) is 2.82. The summed E-state index contributed by atoms with van der Waals surface area (Å²) in [7, 11) is 0. The van der Waals surface area contributed by atoms with Crippen LogP contribution < -0.4 is 0 Å². The lowest BCUT2D eigenvalue weighted by atomic mass is 10.2. The van der Waals surface area contributed by atoms with Crippen LogP contribution in [0.15, 0.2) is 42.7 Å². The molecule has 4 nitrogen and oxygen atoms in total. The maximum atomic E-state index is 14.0. The molecule has 0 radical (unpaired) electrons. The molecule has 1 heterocycles. The van der Waals surface area contributed by atoms with Crippen molar-refractivity contribution < 1.29 is 14.3 Å². The van der Waals surface area contributed by atoms with Crippen LogP contribution in [0.4, 0.5) is 4.39 Å². The van der Waals surface area contributed by atoms with E-state index in [2.05, 4.69) is 4.98 Å². The number of rotatable bonds is 2. The van der Waals surface area contributed by atoms with Gasteiger partial charge >= 0.3 is 5.97 Å². The lowest BCUT2D eigenvalue weighted by Crippen LogP contribution is -1.99. The zero-order valence-corrected chi connectivity index (χ0v) is 10.8. The van der Waals surface area contributed by atoms with Crippen LogP contribution in [-0.4, -0.2) is 20.6 Å². The molecular formula is C14H8ClFN2O2. The van der Waals surface area contributed by atoms with Crippen LogP contribution in [0, 0.1) is 5.82 Å². The number of aromatic nitrogens is 2. The van der Waals surface area contributed by atoms with Gasteiger partial charge in [0.05, 0.1) is 16.8 Å². The first-order chi connectivity index (χ1) is 9.58. The van der Waals surface area contributed by atoms with Crippen LogP contribution in [0.25, 0.3) is 16.7 Å². The first-order valence-electron chi connectivity index (χ1n) is 5.72. The van der Waals surface area contributed by atoms with E-state index in [1.165, 1.54) is 29.1 Å². The number of aromatic carboxylic acids is 1. The van der Waals surface area contributed by atoms with E-state index in [9.17, 15) is 9.18 Å². The van der Waals surface area contributed by atoms with Crippen molar-refractivity contribution in [2.75, 3.05) is 0 Å². The summed E-state index contributed by atoms with van der Waals surface area (Å²) in [5.74, 6) is -1.57. The maximum absolute atomic E-state index is 14.0. The van der Waals surface area contributed by atoms with Crippen LogP contribution in [-0.2, 0) is 0 Å². The minimum atomic E-state index is -1.07.